The van der Waals surface area contributed by atoms with Crippen LogP contribution in [0.5, 0.6) is 0 Å². The highest BCUT2D eigenvalue weighted by atomic mass is 16.3. The lowest BCUT2D eigenvalue weighted by atomic mass is 10.0. The fourth-order valence-corrected chi connectivity index (χ4v) is 3.51. The fraction of sp³-hybridized carbons (Fsp3) is 0. The Hall–Kier alpha value is -4.51. The Bertz CT molecular complexity index is 1410. The number of hydrazone groups is 1. The van der Waals surface area contributed by atoms with Crippen molar-refractivity contribution in [2.75, 3.05) is 0 Å². The molecule has 0 fully saturated rings. The molecule has 154 valence electrons. The van der Waals surface area contributed by atoms with Crippen molar-refractivity contribution in [3.05, 3.63) is 114 Å². The number of carbonyl (C=O) groups excluding carboxylic acids is 1. The van der Waals surface area contributed by atoms with Gasteiger partial charge in [-0.3, -0.25) is 4.79 Å². The van der Waals surface area contributed by atoms with E-state index in [1.54, 1.807) is 6.07 Å². The number of aromatic nitrogens is 1. The molecule has 5 aromatic rings. The van der Waals surface area contributed by atoms with Crippen LogP contribution in [-0.4, -0.2) is 17.1 Å². The van der Waals surface area contributed by atoms with Gasteiger partial charge in [-0.25, -0.2) is 10.4 Å². The molecule has 0 saturated carbocycles. The Morgan fingerprint density at radius 1 is 0.812 bits per heavy atom. The lowest BCUT2D eigenvalue weighted by Crippen LogP contribution is -2.18. The molecule has 0 aliphatic heterocycles. The molecule has 0 radical (unpaired) electrons. The smallest absolute Gasteiger partial charge is 0.272 e. The topological polar surface area (TPSA) is 67.5 Å². The molecule has 0 spiro atoms. The molecule has 32 heavy (non-hydrogen) atoms. The van der Waals surface area contributed by atoms with Crippen molar-refractivity contribution in [2.24, 2.45) is 5.10 Å². The first kappa shape index (κ1) is 19.5. The molecule has 2 heterocycles. The average Bonchev–Trinajstić information content (AvgIpc) is 3.33. The van der Waals surface area contributed by atoms with Gasteiger partial charge in [-0.1, -0.05) is 78.9 Å². The number of rotatable bonds is 5. The molecule has 3 aromatic carbocycles. The minimum Gasteiger partial charge on any atom is -0.455 e. The molecular formula is C27H19N3O2. The molecule has 0 unspecified atom stereocenters. The first-order valence-corrected chi connectivity index (χ1v) is 10.2. The number of amides is 1. The van der Waals surface area contributed by atoms with E-state index in [1.807, 2.05) is 97.1 Å². The predicted octanol–water partition coefficient (Wildman–Crippen LogP) is 5.93. The Morgan fingerprint density at radius 2 is 1.50 bits per heavy atom. The molecule has 5 heteroatoms. The van der Waals surface area contributed by atoms with Crippen LogP contribution in [0.15, 0.2) is 113 Å². The second kappa shape index (κ2) is 8.70. The van der Waals surface area contributed by atoms with Gasteiger partial charge in [0.05, 0.1) is 23.0 Å². The number of fused-ring (bicyclic) bond motifs is 1. The lowest BCUT2D eigenvalue weighted by Gasteiger charge is -2.09. The average molecular weight is 417 g/mol. The van der Waals surface area contributed by atoms with E-state index in [0.29, 0.717) is 11.3 Å². The molecular weight excluding hydrogens is 398 g/mol. The Morgan fingerprint density at radius 3 is 2.28 bits per heavy atom. The number of nitrogens with one attached hydrogen (secondary N) is 1. The van der Waals surface area contributed by atoms with Gasteiger partial charge < -0.3 is 4.42 Å². The van der Waals surface area contributed by atoms with Crippen LogP contribution in [0.3, 0.4) is 0 Å². The van der Waals surface area contributed by atoms with Gasteiger partial charge in [0.15, 0.2) is 0 Å². The summed E-state index contributed by atoms with van der Waals surface area (Å²) in [6.07, 6.45) is 1.49. The van der Waals surface area contributed by atoms with Gasteiger partial charge in [0, 0.05) is 16.5 Å². The van der Waals surface area contributed by atoms with E-state index in [2.05, 4.69) is 10.5 Å². The summed E-state index contributed by atoms with van der Waals surface area (Å²) in [7, 11) is 0. The van der Waals surface area contributed by atoms with Gasteiger partial charge in [0.2, 0.25) is 0 Å². The molecule has 0 saturated heterocycles. The number of furan rings is 1. The maximum atomic E-state index is 13.0. The molecule has 0 aliphatic rings. The van der Waals surface area contributed by atoms with Crippen LogP contribution in [-0.2, 0) is 0 Å². The predicted molar refractivity (Wildman–Crippen MR) is 126 cm³/mol. The van der Waals surface area contributed by atoms with Crippen molar-refractivity contribution in [2.45, 2.75) is 0 Å². The van der Waals surface area contributed by atoms with Crippen molar-refractivity contribution in [1.29, 1.82) is 0 Å². The fourth-order valence-electron chi connectivity index (χ4n) is 3.51. The Labute approximate surface area is 185 Å². The Balaban J connectivity index is 1.40. The SMILES string of the molecule is O=C(N/N=C/c1ccc(-c2ccccc2)o1)c1cc(-c2ccccc2)nc2ccccc12. The highest BCUT2D eigenvalue weighted by molar-refractivity contribution is 6.07. The van der Waals surface area contributed by atoms with Crippen molar-refractivity contribution in [3.8, 4) is 22.6 Å². The summed E-state index contributed by atoms with van der Waals surface area (Å²) in [5, 5.41) is 4.86. The van der Waals surface area contributed by atoms with E-state index in [1.165, 1.54) is 6.21 Å². The maximum absolute atomic E-state index is 13.0. The van der Waals surface area contributed by atoms with Crippen molar-refractivity contribution >= 4 is 23.0 Å². The highest BCUT2D eigenvalue weighted by Crippen LogP contribution is 2.25. The number of nitrogens with zero attached hydrogens (tertiary/aromatic N) is 2. The summed E-state index contributed by atoms with van der Waals surface area (Å²) in [4.78, 5) is 17.7. The molecule has 1 amide bonds. The van der Waals surface area contributed by atoms with E-state index in [4.69, 9.17) is 9.40 Å². The van der Waals surface area contributed by atoms with Gasteiger partial charge in [0.1, 0.15) is 11.5 Å². The van der Waals surface area contributed by atoms with E-state index >= 15 is 0 Å². The Kier molecular flexibility index (Phi) is 5.29. The van der Waals surface area contributed by atoms with Crippen LogP contribution < -0.4 is 5.43 Å². The number of benzene rings is 3. The third kappa shape index (κ3) is 4.04. The number of pyridine rings is 1. The number of hydrogen-bond donors (Lipinski definition) is 1. The molecule has 0 atom stereocenters. The largest absolute Gasteiger partial charge is 0.455 e. The number of hydrogen-bond acceptors (Lipinski definition) is 4. The third-order valence-electron chi connectivity index (χ3n) is 5.07. The molecule has 5 rings (SSSR count). The molecule has 0 bridgehead atoms. The van der Waals surface area contributed by atoms with Crippen LogP contribution in [0.2, 0.25) is 0 Å². The zero-order chi connectivity index (χ0) is 21.8. The van der Waals surface area contributed by atoms with Gasteiger partial charge in [-0.15, -0.1) is 0 Å². The van der Waals surface area contributed by atoms with Gasteiger partial charge in [0.25, 0.3) is 5.91 Å². The van der Waals surface area contributed by atoms with Crippen molar-refractivity contribution in [3.63, 3.8) is 0 Å². The first-order chi connectivity index (χ1) is 15.8. The molecule has 1 N–H and O–H groups in total. The van der Waals surface area contributed by atoms with Gasteiger partial charge in [-0.05, 0) is 24.3 Å². The van der Waals surface area contributed by atoms with Crippen molar-refractivity contribution < 1.29 is 9.21 Å². The zero-order valence-corrected chi connectivity index (χ0v) is 17.1. The van der Waals surface area contributed by atoms with Gasteiger partial charge >= 0.3 is 0 Å². The second-order valence-electron chi connectivity index (χ2n) is 7.21. The lowest BCUT2D eigenvalue weighted by molar-refractivity contribution is 0.0956. The standard InChI is InChI=1S/C27H19N3O2/c31-27(30-28-18-21-15-16-26(32-21)20-11-5-2-6-12-20)23-17-25(19-9-3-1-4-10-19)29-24-14-8-7-13-22(23)24/h1-18H,(H,30,31)/b28-18+. The van der Waals surface area contributed by atoms with Crippen LogP contribution in [0.25, 0.3) is 33.5 Å². The van der Waals surface area contributed by atoms with Crippen molar-refractivity contribution in [1.82, 2.24) is 10.4 Å². The summed E-state index contributed by atoms with van der Waals surface area (Å²) in [6.45, 7) is 0. The molecule has 2 aromatic heterocycles. The summed E-state index contributed by atoms with van der Waals surface area (Å²) in [5.41, 5.74) is 6.53. The molecule has 5 nitrogen and oxygen atoms in total. The molecule has 0 aliphatic carbocycles. The van der Waals surface area contributed by atoms with E-state index < -0.39 is 0 Å². The van der Waals surface area contributed by atoms with Crippen LogP contribution in [0, 0.1) is 0 Å². The van der Waals surface area contributed by atoms with Crippen LogP contribution in [0.4, 0.5) is 0 Å². The number of carbonyl (C=O) groups is 1. The minimum absolute atomic E-state index is 0.313. The second-order valence-corrected chi connectivity index (χ2v) is 7.21. The summed E-state index contributed by atoms with van der Waals surface area (Å²) in [6, 6.07) is 32.7. The summed E-state index contributed by atoms with van der Waals surface area (Å²) >= 11 is 0. The third-order valence-corrected chi connectivity index (χ3v) is 5.07. The zero-order valence-electron chi connectivity index (χ0n) is 17.1. The quantitative estimate of drug-likeness (QED) is 0.285. The van der Waals surface area contributed by atoms with Gasteiger partial charge in [-0.2, -0.15) is 5.10 Å². The highest BCUT2D eigenvalue weighted by Gasteiger charge is 2.13. The monoisotopic (exact) mass is 417 g/mol. The first-order valence-electron chi connectivity index (χ1n) is 10.2. The summed E-state index contributed by atoms with van der Waals surface area (Å²) in [5.74, 6) is 0.978. The van der Waals surface area contributed by atoms with Crippen LogP contribution >= 0.6 is 0 Å². The summed E-state index contributed by atoms with van der Waals surface area (Å²) < 4.78 is 5.79. The van der Waals surface area contributed by atoms with Crippen LogP contribution in [0.1, 0.15) is 16.1 Å². The number of para-hydroxylation sites is 1. The van der Waals surface area contributed by atoms with E-state index in [9.17, 15) is 4.79 Å². The normalized spacial score (nSPS) is 11.1. The van der Waals surface area contributed by atoms with E-state index in [-0.39, 0.29) is 5.91 Å². The van der Waals surface area contributed by atoms with E-state index in [0.717, 1.165) is 33.5 Å². The minimum atomic E-state index is -0.313. The maximum Gasteiger partial charge on any atom is 0.272 e.